The van der Waals surface area contributed by atoms with Crippen molar-refractivity contribution in [2.24, 2.45) is 10.7 Å². The number of alkyl halides is 2. The maximum atomic E-state index is 12.7. The molecule has 1 fully saturated rings. The van der Waals surface area contributed by atoms with Crippen LogP contribution >= 0.6 is 0 Å². The van der Waals surface area contributed by atoms with Gasteiger partial charge in [-0.2, -0.15) is 8.78 Å². The van der Waals surface area contributed by atoms with Gasteiger partial charge in [-0.05, 0) is 38.9 Å². The predicted octanol–water partition coefficient (Wildman–Crippen LogP) is 2.58. The summed E-state index contributed by atoms with van der Waals surface area (Å²) in [5.41, 5.74) is 6.43. The first-order valence-corrected chi connectivity index (χ1v) is 9.02. The molecule has 0 saturated carbocycles. The van der Waals surface area contributed by atoms with E-state index in [1.807, 2.05) is 0 Å². The van der Waals surface area contributed by atoms with Crippen LogP contribution in [0.1, 0.15) is 32.3 Å². The van der Waals surface area contributed by atoms with E-state index in [9.17, 15) is 8.78 Å². The van der Waals surface area contributed by atoms with Crippen LogP contribution in [0.4, 0.5) is 8.78 Å². The summed E-state index contributed by atoms with van der Waals surface area (Å²) in [5, 5.41) is 3.13. The third kappa shape index (κ3) is 5.72. The van der Waals surface area contributed by atoms with Crippen molar-refractivity contribution in [1.29, 1.82) is 0 Å². The molecule has 1 aliphatic heterocycles. The first-order valence-electron chi connectivity index (χ1n) is 9.02. The number of hydrogen-bond donors (Lipinski definition) is 2. The van der Waals surface area contributed by atoms with Crippen LogP contribution in [0.2, 0.25) is 0 Å². The molecule has 1 unspecified atom stereocenters. The van der Waals surface area contributed by atoms with Crippen molar-refractivity contribution < 1.29 is 18.3 Å². The molecule has 2 rings (SSSR count). The average molecular weight is 370 g/mol. The molecule has 0 bridgehead atoms. The van der Waals surface area contributed by atoms with Gasteiger partial charge in [-0.3, -0.25) is 4.90 Å². The van der Waals surface area contributed by atoms with Crippen molar-refractivity contribution >= 4 is 5.96 Å². The Morgan fingerprint density at radius 2 is 2.23 bits per heavy atom. The van der Waals surface area contributed by atoms with E-state index in [4.69, 9.17) is 10.5 Å². The predicted molar refractivity (Wildman–Crippen MR) is 97.8 cm³/mol. The van der Waals surface area contributed by atoms with Crippen LogP contribution in [0.3, 0.4) is 0 Å². The number of guanidine groups is 1. The summed E-state index contributed by atoms with van der Waals surface area (Å²) in [6, 6.07) is 5.44. The molecule has 3 N–H and O–H groups in total. The van der Waals surface area contributed by atoms with Crippen LogP contribution in [-0.2, 0) is 6.54 Å². The number of likely N-dealkylation sites (tertiary alicyclic amines) is 1. The zero-order valence-corrected chi connectivity index (χ0v) is 15.4. The lowest BCUT2D eigenvalue weighted by Gasteiger charge is -2.23. The highest BCUT2D eigenvalue weighted by Gasteiger charge is 2.22. The minimum absolute atomic E-state index is 0.00820. The lowest BCUT2D eigenvalue weighted by Crippen LogP contribution is -2.42. The lowest BCUT2D eigenvalue weighted by atomic mass is 10.2. The third-order valence-corrected chi connectivity index (χ3v) is 4.41. The molecule has 0 aromatic heterocycles. The van der Waals surface area contributed by atoms with Gasteiger partial charge in [0.15, 0.2) is 17.5 Å². The van der Waals surface area contributed by atoms with E-state index in [0.717, 1.165) is 26.1 Å². The topological polar surface area (TPSA) is 72.1 Å². The molecular formula is C18H28F2N4O2. The van der Waals surface area contributed by atoms with Gasteiger partial charge in [-0.25, -0.2) is 4.99 Å². The number of likely N-dealkylation sites (N-methyl/N-ethyl adjacent to an activating group) is 1. The number of benzene rings is 1. The monoisotopic (exact) mass is 370 g/mol. The average Bonchev–Trinajstić information content (AvgIpc) is 3.07. The van der Waals surface area contributed by atoms with Crippen molar-refractivity contribution in [3.8, 4) is 11.5 Å². The van der Waals surface area contributed by atoms with Crippen molar-refractivity contribution in [2.45, 2.75) is 45.9 Å². The molecule has 26 heavy (non-hydrogen) atoms. The number of rotatable bonds is 9. The summed E-state index contributed by atoms with van der Waals surface area (Å²) in [4.78, 5) is 6.66. The van der Waals surface area contributed by atoms with Crippen LogP contribution in [0.5, 0.6) is 11.5 Å². The van der Waals surface area contributed by atoms with Gasteiger partial charge in [0, 0.05) is 18.2 Å². The molecule has 1 aromatic rings. The van der Waals surface area contributed by atoms with Gasteiger partial charge in [-0.15, -0.1) is 0 Å². The number of hydrogen-bond acceptors (Lipinski definition) is 4. The van der Waals surface area contributed by atoms with E-state index in [2.05, 4.69) is 26.9 Å². The SMILES string of the molecule is CCOc1cccc(CN=C(N)NCC2CCCN2CC)c1OC(F)F. The van der Waals surface area contributed by atoms with E-state index in [-0.39, 0.29) is 24.0 Å². The molecule has 0 aliphatic carbocycles. The van der Waals surface area contributed by atoms with Crippen LogP contribution in [0.25, 0.3) is 0 Å². The molecule has 1 atom stereocenters. The standard InChI is InChI=1S/C18H28F2N4O2/c1-3-24-10-6-8-14(24)12-23-18(21)22-11-13-7-5-9-15(25-4-2)16(13)26-17(19)20/h5,7,9,14,17H,3-4,6,8,10-12H2,1-2H3,(H3,21,22,23). The summed E-state index contributed by atoms with van der Waals surface area (Å²) in [5.74, 6) is 0.572. The first-order chi connectivity index (χ1) is 12.5. The number of halogens is 2. The van der Waals surface area contributed by atoms with E-state index < -0.39 is 6.61 Å². The highest BCUT2D eigenvalue weighted by atomic mass is 19.3. The van der Waals surface area contributed by atoms with E-state index in [0.29, 0.717) is 18.2 Å². The molecule has 146 valence electrons. The van der Waals surface area contributed by atoms with E-state index in [1.54, 1.807) is 25.1 Å². The largest absolute Gasteiger partial charge is 0.490 e. The fraction of sp³-hybridized carbons (Fsp3) is 0.611. The summed E-state index contributed by atoms with van der Waals surface area (Å²) < 4.78 is 35.5. The lowest BCUT2D eigenvalue weighted by molar-refractivity contribution is -0.0520. The summed E-state index contributed by atoms with van der Waals surface area (Å²) in [7, 11) is 0. The normalized spacial score (nSPS) is 18.3. The highest BCUT2D eigenvalue weighted by molar-refractivity contribution is 5.77. The molecule has 1 heterocycles. The molecule has 0 radical (unpaired) electrons. The Morgan fingerprint density at radius 1 is 1.42 bits per heavy atom. The Balaban J connectivity index is 2.00. The Morgan fingerprint density at radius 3 is 2.92 bits per heavy atom. The van der Waals surface area contributed by atoms with Gasteiger partial charge in [0.25, 0.3) is 0 Å². The summed E-state index contributed by atoms with van der Waals surface area (Å²) in [6.45, 7) is 4.32. The Kier molecular flexibility index (Phi) is 7.90. The second-order valence-corrected chi connectivity index (χ2v) is 6.06. The first kappa shape index (κ1) is 20.2. The van der Waals surface area contributed by atoms with Gasteiger partial charge < -0.3 is 20.5 Å². The van der Waals surface area contributed by atoms with Crippen LogP contribution in [-0.4, -0.2) is 49.8 Å². The number of nitrogens with zero attached hydrogens (tertiary/aromatic N) is 2. The minimum atomic E-state index is -2.93. The molecule has 1 aromatic carbocycles. The fourth-order valence-electron chi connectivity index (χ4n) is 3.17. The minimum Gasteiger partial charge on any atom is -0.490 e. The smallest absolute Gasteiger partial charge is 0.387 e. The Bertz CT molecular complexity index is 599. The van der Waals surface area contributed by atoms with Crippen molar-refractivity contribution in [3.05, 3.63) is 23.8 Å². The molecule has 8 heteroatoms. The maximum absolute atomic E-state index is 12.7. The van der Waals surface area contributed by atoms with Gasteiger partial charge in [0.05, 0.1) is 13.2 Å². The molecule has 1 aliphatic rings. The second kappa shape index (κ2) is 10.2. The zero-order valence-electron chi connectivity index (χ0n) is 15.4. The van der Waals surface area contributed by atoms with E-state index in [1.165, 1.54) is 6.42 Å². The number of nitrogens with two attached hydrogens (primary N) is 1. The van der Waals surface area contributed by atoms with Crippen LogP contribution < -0.4 is 20.5 Å². The number of nitrogens with one attached hydrogen (secondary N) is 1. The molecule has 6 nitrogen and oxygen atoms in total. The zero-order chi connectivity index (χ0) is 18.9. The van der Waals surface area contributed by atoms with Gasteiger partial charge in [0.1, 0.15) is 0 Å². The van der Waals surface area contributed by atoms with Gasteiger partial charge in [-0.1, -0.05) is 19.1 Å². The van der Waals surface area contributed by atoms with Crippen LogP contribution in [0.15, 0.2) is 23.2 Å². The Labute approximate surface area is 153 Å². The second-order valence-electron chi connectivity index (χ2n) is 6.06. The summed E-state index contributed by atoms with van der Waals surface area (Å²) in [6.07, 6.45) is 2.33. The molecular weight excluding hydrogens is 342 g/mol. The fourth-order valence-corrected chi connectivity index (χ4v) is 3.17. The van der Waals surface area contributed by atoms with Crippen molar-refractivity contribution in [1.82, 2.24) is 10.2 Å². The van der Waals surface area contributed by atoms with E-state index >= 15 is 0 Å². The number of ether oxygens (including phenoxy) is 2. The van der Waals surface area contributed by atoms with Gasteiger partial charge in [0.2, 0.25) is 0 Å². The van der Waals surface area contributed by atoms with Gasteiger partial charge >= 0.3 is 6.61 Å². The Hall–Kier alpha value is -2.09. The molecule has 0 amide bonds. The maximum Gasteiger partial charge on any atom is 0.387 e. The highest BCUT2D eigenvalue weighted by Crippen LogP contribution is 2.33. The third-order valence-electron chi connectivity index (χ3n) is 4.41. The quantitative estimate of drug-likeness (QED) is 0.516. The van der Waals surface area contributed by atoms with Crippen LogP contribution in [0, 0.1) is 0 Å². The number of para-hydroxylation sites is 1. The van der Waals surface area contributed by atoms with Crippen molar-refractivity contribution in [2.75, 3.05) is 26.2 Å². The number of aliphatic imine (C=N–C) groups is 1. The van der Waals surface area contributed by atoms with Crippen molar-refractivity contribution in [3.63, 3.8) is 0 Å². The molecule has 0 spiro atoms. The summed E-state index contributed by atoms with van der Waals surface area (Å²) >= 11 is 0. The molecule has 1 saturated heterocycles.